The zero-order chi connectivity index (χ0) is 30.2. The van der Waals surface area contributed by atoms with Crippen molar-refractivity contribution >= 4 is 28.6 Å². The molecule has 0 amide bonds. The van der Waals surface area contributed by atoms with Crippen LogP contribution in [-0.2, 0) is 9.53 Å². The van der Waals surface area contributed by atoms with Gasteiger partial charge < -0.3 is 15.4 Å². The van der Waals surface area contributed by atoms with Crippen LogP contribution in [0.15, 0.2) is 70.5 Å². The summed E-state index contributed by atoms with van der Waals surface area (Å²) in [5.41, 5.74) is 8.41. The number of Topliss-reactive ketones (excluding diaryl/α,β-unsaturated/α-hetero) is 1. The van der Waals surface area contributed by atoms with Crippen molar-refractivity contribution in [2.24, 2.45) is 15.7 Å². The van der Waals surface area contributed by atoms with Crippen LogP contribution in [0, 0.1) is 0 Å². The van der Waals surface area contributed by atoms with E-state index in [0.29, 0.717) is 23.4 Å². The molecule has 0 aliphatic carbocycles. The van der Waals surface area contributed by atoms with E-state index in [1.165, 1.54) is 7.11 Å². The first-order valence-corrected chi connectivity index (χ1v) is 14.9. The largest absolute Gasteiger partial charge is 0.384 e. The van der Waals surface area contributed by atoms with Crippen LogP contribution in [0.3, 0.4) is 0 Å². The van der Waals surface area contributed by atoms with Gasteiger partial charge in [-0.15, -0.1) is 23.9 Å². The molecule has 1 aliphatic rings. The van der Waals surface area contributed by atoms with Gasteiger partial charge in [-0.2, -0.15) is 0 Å². The molecule has 1 unspecified atom stereocenters. The van der Waals surface area contributed by atoms with Crippen LogP contribution in [0.5, 0.6) is 0 Å². The third-order valence-electron chi connectivity index (χ3n) is 5.77. The van der Waals surface area contributed by atoms with Crippen LogP contribution < -0.4 is 10.5 Å². The van der Waals surface area contributed by atoms with Crippen molar-refractivity contribution in [2.45, 2.75) is 84.6 Å². The molecule has 39 heavy (non-hydrogen) atoms. The predicted octanol–water partition coefficient (Wildman–Crippen LogP) is 6.00. The zero-order valence-corrected chi connectivity index (χ0v) is 25.8. The van der Waals surface area contributed by atoms with Gasteiger partial charge in [-0.1, -0.05) is 32.9 Å². The first-order chi connectivity index (χ1) is 18.4. The van der Waals surface area contributed by atoms with Gasteiger partial charge in [-0.05, 0) is 52.7 Å². The maximum atomic E-state index is 13.6. The molecule has 1 aliphatic heterocycles. The minimum absolute atomic E-state index is 0.0598. The maximum Gasteiger partial charge on any atom is 0.182 e. The molecule has 9 nitrogen and oxygen atoms in total. The highest BCUT2D eigenvalue weighted by molar-refractivity contribution is 8.23. The van der Waals surface area contributed by atoms with E-state index in [-0.39, 0.29) is 36.8 Å². The van der Waals surface area contributed by atoms with Crippen molar-refractivity contribution in [2.75, 3.05) is 20.4 Å². The highest BCUT2D eigenvalue weighted by atomic mass is 32.3. The summed E-state index contributed by atoms with van der Waals surface area (Å²) in [6, 6.07) is 0.245. The summed E-state index contributed by atoms with van der Waals surface area (Å²) in [6.07, 6.45) is 10.2. The Hall–Kier alpha value is -2.66. The van der Waals surface area contributed by atoms with Gasteiger partial charge in [0.15, 0.2) is 5.78 Å². The maximum absolute atomic E-state index is 13.6. The Morgan fingerprint density at radius 3 is 2.44 bits per heavy atom. The predicted molar refractivity (Wildman–Crippen MR) is 168 cm³/mol. The molecule has 0 radical (unpaired) electrons. The van der Waals surface area contributed by atoms with Gasteiger partial charge in [-0.3, -0.25) is 28.6 Å². The molecule has 10 heteroatoms. The summed E-state index contributed by atoms with van der Waals surface area (Å²) in [7, 11) is -1.56. The van der Waals surface area contributed by atoms with Crippen LogP contribution in [0.1, 0.15) is 67.2 Å². The zero-order valence-electron chi connectivity index (χ0n) is 24.9. The van der Waals surface area contributed by atoms with Crippen molar-refractivity contribution in [3.63, 3.8) is 0 Å². The number of ketones is 1. The van der Waals surface area contributed by atoms with Crippen molar-refractivity contribution in [3.05, 3.63) is 60.5 Å². The summed E-state index contributed by atoms with van der Waals surface area (Å²) >= 11 is 0. The fourth-order valence-electron chi connectivity index (χ4n) is 3.91. The summed E-state index contributed by atoms with van der Waals surface area (Å²) in [5, 5.41) is -0.411. The third-order valence-corrected chi connectivity index (χ3v) is 7.64. The topological polar surface area (TPSA) is 133 Å². The third kappa shape index (κ3) is 12.8. The van der Waals surface area contributed by atoms with Crippen LogP contribution in [0.25, 0.3) is 0 Å². The van der Waals surface area contributed by atoms with Gasteiger partial charge in [0.25, 0.3) is 0 Å². The van der Waals surface area contributed by atoms with Gasteiger partial charge >= 0.3 is 0 Å². The van der Waals surface area contributed by atoms with E-state index >= 15 is 0 Å². The van der Waals surface area contributed by atoms with Crippen LogP contribution >= 0.6 is 10.8 Å². The van der Waals surface area contributed by atoms with Crippen LogP contribution in [0.2, 0.25) is 0 Å². The highest BCUT2D eigenvalue weighted by Gasteiger charge is 2.27. The molecule has 0 fully saturated rings. The highest BCUT2D eigenvalue weighted by Crippen LogP contribution is 2.40. The molecule has 0 aromatic rings. The SMILES string of the molecule is C=C.C=C(/C=C(\C=N/COC)C1=CC/C(=C\C(N)=NC(C)C)N(C(CC)CCC)CC1=O)NS(O)(O)C(C)C. The average molecular weight is 566 g/mol. The van der Waals surface area contributed by atoms with Crippen LogP contribution in [-0.4, -0.2) is 69.6 Å². The molecule has 0 bridgehead atoms. The standard InChI is InChI=1S/C27H47N5O4S.C2H4/c1-9-11-23(10-2)32-17-26(33)25(13-12-24(32)15-27(28)30-19(3)4)22(16-29-18-36-8)14-21(7)31-37(34,35)20(5)6;1-2/h13-16,19-20,23,31,34-35H,7,9-12,17-18H2,1-6,8H3,(H2,28,30);1-2H2/b22-14+,24-15+,29-16-;. The summed E-state index contributed by atoms with van der Waals surface area (Å²) in [5.74, 6) is 0.357. The molecule has 5 N–H and O–H groups in total. The van der Waals surface area contributed by atoms with E-state index in [1.807, 2.05) is 26.0 Å². The molecule has 0 aromatic carbocycles. The number of nitrogens with two attached hydrogens (primary N) is 1. The Kier molecular flexibility index (Phi) is 17.3. The number of aliphatic imine (C=N–C) groups is 2. The van der Waals surface area contributed by atoms with E-state index in [9.17, 15) is 13.9 Å². The monoisotopic (exact) mass is 565 g/mol. The van der Waals surface area contributed by atoms with Gasteiger partial charge in [-0.25, -0.2) is 0 Å². The Balaban J connectivity index is 0.00000704. The van der Waals surface area contributed by atoms with E-state index in [2.05, 4.69) is 53.2 Å². The van der Waals surface area contributed by atoms with E-state index in [0.717, 1.165) is 25.0 Å². The lowest BCUT2D eigenvalue weighted by atomic mass is 10.0. The number of carbonyl (C=O) groups is 1. The number of allylic oxidation sites excluding steroid dienone is 3. The Bertz CT molecular complexity index is 951. The van der Waals surface area contributed by atoms with E-state index < -0.39 is 16.0 Å². The minimum atomic E-state index is -3.09. The quantitative estimate of drug-likeness (QED) is 0.0879. The number of ether oxygens (including phenoxy) is 1. The fourth-order valence-corrected chi connectivity index (χ4v) is 4.59. The Labute approximate surface area is 237 Å². The second-order valence-corrected chi connectivity index (χ2v) is 11.9. The summed E-state index contributed by atoms with van der Waals surface area (Å²) < 4.78 is 28.4. The van der Waals surface area contributed by atoms with Gasteiger partial charge in [0.2, 0.25) is 0 Å². The molecule has 222 valence electrons. The number of amidine groups is 1. The molecular weight excluding hydrogens is 514 g/mol. The molecular formula is C29H51N5O4S. The first-order valence-electron chi connectivity index (χ1n) is 13.3. The normalized spacial score (nSPS) is 17.7. The molecule has 1 rings (SSSR count). The van der Waals surface area contributed by atoms with E-state index in [1.54, 1.807) is 26.1 Å². The number of methoxy groups -OCH3 is 1. The van der Waals surface area contributed by atoms with E-state index in [4.69, 9.17) is 10.5 Å². The second-order valence-electron chi connectivity index (χ2n) is 9.61. The van der Waals surface area contributed by atoms with Crippen molar-refractivity contribution in [1.82, 2.24) is 9.62 Å². The molecule has 0 saturated carbocycles. The van der Waals surface area contributed by atoms with Gasteiger partial charge in [0, 0.05) is 54.4 Å². The number of rotatable bonds is 14. The molecule has 0 aromatic heterocycles. The molecule has 1 heterocycles. The summed E-state index contributed by atoms with van der Waals surface area (Å²) in [6.45, 7) is 21.8. The lowest BCUT2D eigenvalue weighted by Gasteiger charge is -2.37. The number of carbonyl (C=O) groups excluding carboxylic acids is 1. The second kappa shape index (κ2) is 18.6. The molecule has 1 atom stereocenters. The fraction of sp³-hybridized carbons (Fsp3) is 0.552. The number of hydrogen-bond donors (Lipinski definition) is 4. The van der Waals surface area contributed by atoms with Gasteiger partial charge in [0.05, 0.1) is 11.8 Å². The number of hydrogen-bond acceptors (Lipinski definition) is 8. The molecule has 0 saturated heterocycles. The average Bonchev–Trinajstić information content (AvgIpc) is 3.01. The first kappa shape index (κ1) is 36.3. The summed E-state index contributed by atoms with van der Waals surface area (Å²) in [4.78, 5) is 24.5. The van der Waals surface area contributed by atoms with Crippen molar-refractivity contribution in [1.29, 1.82) is 0 Å². The van der Waals surface area contributed by atoms with Crippen molar-refractivity contribution in [3.8, 4) is 0 Å². The minimum Gasteiger partial charge on any atom is -0.384 e. The lowest BCUT2D eigenvalue weighted by molar-refractivity contribution is -0.116. The lowest BCUT2D eigenvalue weighted by Crippen LogP contribution is -2.38. The number of nitrogens with zero attached hydrogens (tertiary/aromatic N) is 3. The van der Waals surface area contributed by atoms with Crippen LogP contribution in [0.4, 0.5) is 0 Å². The smallest absolute Gasteiger partial charge is 0.182 e. The van der Waals surface area contributed by atoms with Crippen molar-refractivity contribution < 1.29 is 18.6 Å². The Morgan fingerprint density at radius 1 is 1.28 bits per heavy atom. The Morgan fingerprint density at radius 2 is 1.92 bits per heavy atom. The molecule has 0 spiro atoms. The number of nitrogens with one attached hydrogen (secondary N) is 1. The van der Waals surface area contributed by atoms with Gasteiger partial charge in [0.1, 0.15) is 12.6 Å².